The number of hydrogen-bond donors (Lipinski definition) is 0. The van der Waals surface area contributed by atoms with E-state index in [1.165, 1.54) is 6.21 Å². The second kappa shape index (κ2) is 5.93. The van der Waals surface area contributed by atoms with Gasteiger partial charge in [-0.05, 0) is 22.7 Å². The Morgan fingerprint density at radius 1 is 0.947 bits per heavy atom. The highest BCUT2D eigenvalue weighted by molar-refractivity contribution is 6.22. The first-order valence-corrected chi connectivity index (χ1v) is 6.15. The van der Waals surface area contributed by atoms with Gasteiger partial charge in [0.1, 0.15) is 0 Å². The van der Waals surface area contributed by atoms with Crippen LogP contribution in [0.4, 0.5) is 8.78 Å². The first-order valence-electron chi connectivity index (χ1n) is 5.77. The molecule has 0 N–H and O–H groups in total. The van der Waals surface area contributed by atoms with Crippen molar-refractivity contribution >= 4 is 17.8 Å². The van der Waals surface area contributed by atoms with E-state index in [0.29, 0.717) is 5.56 Å². The fraction of sp³-hybridized carbons (Fsp3) is 0.133. The van der Waals surface area contributed by atoms with Crippen molar-refractivity contribution in [2.75, 3.05) is 0 Å². The van der Waals surface area contributed by atoms with Gasteiger partial charge in [-0.15, -0.1) is 0 Å². The molecule has 0 aliphatic rings. The van der Waals surface area contributed by atoms with Crippen molar-refractivity contribution in [3.05, 3.63) is 71.8 Å². The van der Waals surface area contributed by atoms with E-state index in [2.05, 4.69) is 4.99 Å². The lowest BCUT2D eigenvalue weighted by Gasteiger charge is -2.17. The molecule has 0 aromatic heterocycles. The van der Waals surface area contributed by atoms with Gasteiger partial charge in [-0.3, -0.25) is 4.99 Å². The molecule has 2 aromatic carbocycles. The largest absolute Gasteiger partial charge is 0.347 e. The van der Waals surface area contributed by atoms with E-state index in [-0.39, 0.29) is 0 Å². The third-order valence-corrected chi connectivity index (χ3v) is 2.80. The molecule has 98 valence electrons. The quantitative estimate of drug-likeness (QED) is 0.569. The zero-order valence-corrected chi connectivity index (χ0v) is 10.8. The molecule has 0 fully saturated rings. The molecule has 1 atom stereocenters. The minimum Gasteiger partial charge on any atom is -0.277 e. The van der Waals surface area contributed by atoms with E-state index in [1.54, 1.807) is 42.5 Å². The molecule has 19 heavy (non-hydrogen) atoms. The van der Waals surface area contributed by atoms with Gasteiger partial charge in [-0.1, -0.05) is 60.7 Å². The zero-order valence-electron chi connectivity index (χ0n) is 10.0. The summed E-state index contributed by atoms with van der Waals surface area (Å²) >= 11 is 5.15. The third-order valence-electron chi connectivity index (χ3n) is 2.60. The van der Waals surface area contributed by atoms with Crippen LogP contribution in [0.15, 0.2) is 65.7 Å². The molecule has 2 rings (SSSR count). The Bertz CT molecular complexity index is 535. The lowest BCUT2D eigenvalue weighted by atomic mass is 10.1. The van der Waals surface area contributed by atoms with Crippen LogP contribution in [-0.2, 0) is 0 Å². The topological polar surface area (TPSA) is 12.4 Å². The lowest BCUT2D eigenvalue weighted by molar-refractivity contribution is 0.0667. The van der Waals surface area contributed by atoms with Crippen LogP contribution in [0.3, 0.4) is 0 Å². The Balaban J connectivity index is 2.28. The van der Waals surface area contributed by atoms with Crippen molar-refractivity contribution in [1.29, 1.82) is 0 Å². The predicted octanol–water partition coefficient (Wildman–Crippen LogP) is 4.68. The van der Waals surface area contributed by atoms with Gasteiger partial charge in [0.15, 0.2) is 6.04 Å². The van der Waals surface area contributed by atoms with Crippen molar-refractivity contribution in [3.63, 3.8) is 0 Å². The Morgan fingerprint density at radius 2 is 1.47 bits per heavy atom. The van der Waals surface area contributed by atoms with Crippen molar-refractivity contribution in [2.24, 2.45) is 4.99 Å². The van der Waals surface area contributed by atoms with Crippen molar-refractivity contribution in [1.82, 2.24) is 0 Å². The minimum absolute atomic E-state index is 0.384. The SMILES string of the molecule is FC(F)(Cl)C(N=Cc1ccccc1)c1ccccc1. The van der Waals surface area contributed by atoms with Crippen LogP contribution >= 0.6 is 11.6 Å². The minimum atomic E-state index is -3.42. The smallest absolute Gasteiger partial charge is 0.277 e. The summed E-state index contributed by atoms with van der Waals surface area (Å²) in [5.74, 6) is 0. The molecule has 0 saturated heterocycles. The van der Waals surface area contributed by atoms with Gasteiger partial charge in [-0.2, -0.15) is 8.78 Å². The monoisotopic (exact) mass is 279 g/mol. The van der Waals surface area contributed by atoms with E-state index < -0.39 is 11.4 Å². The number of rotatable bonds is 4. The van der Waals surface area contributed by atoms with E-state index in [4.69, 9.17) is 11.6 Å². The molecule has 0 amide bonds. The van der Waals surface area contributed by atoms with Crippen LogP contribution in [0, 0.1) is 0 Å². The van der Waals surface area contributed by atoms with Crippen LogP contribution in [0.2, 0.25) is 0 Å². The second-order valence-electron chi connectivity index (χ2n) is 4.04. The first kappa shape index (κ1) is 13.7. The average molecular weight is 280 g/mol. The van der Waals surface area contributed by atoms with E-state index >= 15 is 0 Å². The summed E-state index contributed by atoms with van der Waals surface area (Å²) in [4.78, 5) is 3.93. The zero-order chi connectivity index (χ0) is 13.7. The van der Waals surface area contributed by atoms with E-state index in [0.717, 1.165) is 5.56 Å². The number of halogens is 3. The fourth-order valence-electron chi connectivity index (χ4n) is 1.69. The van der Waals surface area contributed by atoms with Gasteiger partial charge in [-0.25, -0.2) is 0 Å². The molecule has 0 aliphatic heterocycles. The Kier molecular flexibility index (Phi) is 4.27. The normalized spacial score (nSPS) is 13.6. The molecular formula is C15H12ClF2N. The molecule has 0 radical (unpaired) electrons. The Labute approximate surface area is 115 Å². The molecule has 1 nitrogen and oxygen atoms in total. The summed E-state index contributed by atoms with van der Waals surface area (Å²) in [6.07, 6.45) is 1.41. The van der Waals surface area contributed by atoms with Crippen LogP contribution < -0.4 is 0 Å². The molecule has 0 bridgehead atoms. The maximum absolute atomic E-state index is 13.4. The highest BCUT2D eigenvalue weighted by Gasteiger charge is 2.37. The summed E-state index contributed by atoms with van der Waals surface area (Å²) in [6.45, 7) is 0. The van der Waals surface area contributed by atoms with Gasteiger partial charge < -0.3 is 0 Å². The Morgan fingerprint density at radius 3 is 2.00 bits per heavy atom. The van der Waals surface area contributed by atoms with Crippen LogP contribution in [-0.4, -0.2) is 11.6 Å². The van der Waals surface area contributed by atoms with Crippen molar-refractivity contribution in [2.45, 2.75) is 11.4 Å². The van der Waals surface area contributed by atoms with Gasteiger partial charge in [0.2, 0.25) is 0 Å². The molecule has 0 spiro atoms. The first-order chi connectivity index (χ1) is 9.07. The van der Waals surface area contributed by atoms with Crippen LogP contribution in [0.5, 0.6) is 0 Å². The molecular weight excluding hydrogens is 268 g/mol. The molecule has 1 unspecified atom stereocenters. The number of aliphatic imine (C=N–C) groups is 1. The maximum atomic E-state index is 13.4. The number of nitrogens with zero attached hydrogens (tertiary/aromatic N) is 1. The second-order valence-corrected chi connectivity index (χ2v) is 4.55. The van der Waals surface area contributed by atoms with Gasteiger partial charge >= 0.3 is 5.38 Å². The fourth-order valence-corrected chi connectivity index (χ4v) is 1.88. The summed E-state index contributed by atoms with van der Waals surface area (Å²) in [5, 5.41) is -3.42. The van der Waals surface area contributed by atoms with Crippen LogP contribution in [0.1, 0.15) is 17.2 Å². The molecule has 4 heteroatoms. The maximum Gasteiger partial charge on any atom is 0.347 e. The number of hydrogen-bond acceptors (Lipinski definition) is 1. The van der Waals surface area contributed by atoms with Crippen molar-refractivity contribution < 1.29 is 8.78 Å². The molecule has 0 aliphatic carbocycles. The average Bonchev–Trinajstić information content (AvgIpc) is 2.40. The highest BCUT2D eigenvalue weighted by Crippen LogP contribution is 2.37. The summed E-state index contributed by atoms with van der Waals surface area (Å²) in [7, 11) is 0. The molecule has 0 saturated carbocycles. The van der Waals surface area contributed by atoms with E-state index in [9.17, 15) is 8.78 Å². The van der Waals surface area contributed by atoms with Crippen molar-refractivity contribution in [3.8, 4) is 0 Å². The van der Waals surface area contributed by atoms with Crippen LogP contribution in [0.25, 0.3) is 0 Å². The third kappa shape index (κ3) is 3.86. The summed E-state index contributed by atoms with van der Waals surface area (Å²) in [5.41, 5.74) is 1.14. The van der Waals surface area contributed by atoms with Gasteiger partial charge in [0.25, 0.3) is 0 Å². The summed E-state index contributed by atoms with van der Waals surface area (Å²) < 4.78 is 26.9. The Hall–Kier alpha value is -1.74. The summed E-state index contributed by atoms with van der Waals surface area (Å²) in [6, 6.07) is 16.0. The van der Waals surface area contributed by atoms with Gasteiger partial charge in [0.05, 0.1) is 0 Å². The standard InChI is InChI=1S/C15H12ClF2N/c16-15(17,18)14(13-9-5-2-6-10-13)19-11-12-7-3-1-4-8-12/h1-11,14H. The number of benzene rings is 2. The molecule has 2 aromatic rings. The van der Waals surface area contributed by atoms with Gasteiger partial charge in [0, 0.05) is 6.21 Å². The predicted molar refractivity (Wildman–Crippen MR) is 74.0 cm³/mol. The molecule has 0 heterocycles. The highest BCUT2D eigenvalue weighted by atomic mass is 35.5. The van der Waals surface area contributed by atoms with E-state index in [1.807, 2.05) is 18.2 Å². The number of alkyl halides is 3. The lowest BCUT2D eigenvalue weighted by Crippen LogP contribution is -2.17.